The van der Waals surface area contributed by atoms with Crippen molar-refractivity contribution in [3.8, 4) is 0 Å². The Kier molecular flexibility index (Phi) is 7.72. The first-order valence-corrected chi connectivity index (χ1v) is 4.93. The second-order valence-corrected chi connectivity index (χ2v) is 2.84. The average molecular weight is 178 g/mol. The van der Waals surface area contributed by atoms with Gasteiger partial charge < -0.3 is 9.47 Å². The largest absolute Gasteiger partial charge is 0.464 e. The predicted molar refractivity (Wildman–Crippen MR) is 45.8 cm³/mol. The first kappa shape index (κ1) is 10.8. The number of esters is 1. The van der Waals surface area contributed by atoms with Crippen molar-refractivity contribution >= 4 is 17.7 Å². The quantitative estimate of drug-likeness (QED) is 0.448. The molecule has 3 nitrogen and oxygen atoms in total. The van der Waals surface area contributed by atoms with Crippen molar-refractivity contribution < 1.29 is 14.3 Å². The van der Waals surface area contributed by atoms with E-state index in [9.17, 15) is 4.79 Å². The lowest BCUT2D eigenvalue weighted by atomic mass is 10.7. The number of ether oxygens (including phenoxy) is 2. The third-order valence-electron chi connectivity index (χ3n) is 0.957. The zero-order valence-corrected chi connectivity index (χ0v) is 7.78. The fourth-order valence-electron chi connectivity index (χ4n) is 0.500. The van der Waals surface area contributed by atoms with Gasteiger partial charge in [-0.2, -0.15) is 11.8 Å². The summed E-state index contributed by atoms with van der Waals surface area (Å²) in [6.07, 6.45) is 1.99. The molecule has 0 saturated carbocycles. The fourth-order valence-corrected chi connectivity index (χ4v) is 0.785. The summed E-state index contributed by atoms with van der Waals surface area (Å²) >= 11 is 1.69. The Hall–Kier alpha value is -0.220. The van der Waals surface area contributed by atoms with Crippen LogP contribution in [0.15, 0.2) is 0 Å². The molecule has 0 radical (unpaired) electrons. The van der Waals surface area contributed by atoms with E-state index in [2.05, 4.69) is 4.74 Å². The van der Waals surface area contributed by atoms with Crippen molar-refractivity contribution in [2.24, 2.45) is 0 Å². The van der Waals surface area contributed by atoms with Crippen molar-refractivity contribution in [3.05, 3.63) is 0 Å². The maximum atomic E-state index is 10.7. The Morgan fingerprint density at radius 2 is 2.27 bits per heavy atom. The lowest BCUT2D eigenvalue weighted by Gasteiger charge is -2.01. The van der Waals surface area contributed by atoms with Crippen LogP contribution in [-0.4, -0.2) is 37.8 Å². The molecular weight excluding hydrogens is 164 g/mol. The molecule has 66 valence electrons. The van der Waals surface area contributed by atoms with Gasteiger partial charge in [-0.1, -0.05) is 0 Å². The van der Waals surface area contributed by atoms with Gasteiger partial charge in [-0.15, -0.1) is 0 Å². The molecule has 0 aliphatic carbocycles. The second kappa shape index (κ2) is 7.88. The van der Waals surface area contributed by atoms with Crippen LogP contribution in [0.3, 0.4) is 0 Å². The normalized spacial score (nSPS) is 9.64. The minimum Gasteiger partial charge on any atom is -0.464 e. The van der Waals surface area contributed by atoms with Crippen molar-refractivity contribution in [2.75, 3.05) is 31.8 Å². The SMILES string of the molecule is CCOC(=O)COCCSC. The second-order valence-electron chi connectivity index (χ2n) is 1.85. The predicted octanol–water partition coefficient (Wildman–Crippen LogP) is 0.929. The molecule has 0 unspecified atom stereocenters. The van der Waals surface area contributed by atoms with Gasteiger partial charge in [0.1, 0.15) is 6.61 Å². The highest BCUT2D eigenvalue weighted by molar-refractivity contribution is 7.98. The lowest BCUT2D eigenvalue weighted by Crippen LogP contribution is -2.13. The number of thioether (sulfide) groups is 1. The third kappa shape index (κ3) is 7.68. The van der Waals surface area contributed by atoms with Crippen molar-refractivity contribution in [1.82, 2.24) is 0 Å². The van der Waals surface area contributed by atoms with Crippen LogP contribution in [-0.2, 0) is 14.3 Å². The number of hydrogen-bond acceptors (Lipinski definition) is 4. The summed E-state index contributed by atoms with van der Waals surface area (Å²) in [5.41, 5.74) is 0. The van der Waals surface area contributed by atoms with Crippen LogP contribution >= 0.6 is 11.8 Å². The summed E-state index contributed by atoms with van der Waals surface area (Å²) in [4.78, 5) is 10.7. The molecular formula is C7H14O3S. The Morgan fingerprint density at radius 1 is 1.55 bits per heavy atom. The summed E-state index contributed by atoms with van der Waals surface area (Å²) in [6, 6.07) is 0. The maximum Gasteiger partial charge on any atom is 0.332 e. The molecule has 0 aromatic rings. The molecule has 0 saturated heterocycles. The van der Waals surface area contributed by atoms with E-state index in [1.165, 1.54) is 0 Å². The van der Waals surface area contributed by atoms with E-state index >= 15 is 0 Å². The van der Waals surface area contributed by atoms with E-state index in [0.29, 0.717) is 13.2 Å². The summed E-state index contributed by atoms with van der Waals surface area (Å²) in [7, 11) is 0. The molecule has 0 aromatic carbocycles. The van der Waals surface area contributed by atoms with Gasteiger partial charge in [0.25, 0.3) is 0 Å². The molecule has 0 fully saturated rings. The zero-order valence-electron chi connectivity index (χ0n) is 6.96. The van der Waals surface area contributed by atoms with Crippen molar-refractivity contribution in [1.29, 1.82) is 0 Å². The molecule has 0 aliphatic heterocycles. The van der Waals surface area contributed by atoms with Crippen LogP contribution in [0.2, 0.25) is 0 Å². The number of carbonyl (C=O) groups excluding carboxylic acids is 1. The van der Waals surface area contributed by atoms with Crippen molar-refractivity contribution in [2.45, 2.75) is 6.92 Å². The smallest absolute Gasteiger partial charge is 0.332 e. The molecule has 0 bridgehead atoms. The fraction of sp³-hybridized carbons (Fsp3) is 0.857. The van der Waals surface area contributed by atoms with Crippen molar-refractivity contribution in [3.63, 3.8) is 0 Å². The standard InChI is InChI=1S/C7H14O3S/c1-3-10-7(8)6-9-4-5-11-2/h3-6H2,1-2H3. The van der Waals surface area contributed by atoms with Gasteiger partial charge in [0.15, 0.2) is 0 Å². The van der Waals surface area contributed by atoms with Gasteiger partial charge in [0, 0.05) is 5.75 Å². The Labute approximate surface area is 71.4 Å². The van der Waals surface area contributed by atoms with E-state index in [4.69, 9.17) is 4.74 Å². The van der Waals surface area contributed by atoms with Gasteiger partial charge >= 0.3 is 5.97 Å². The summed E-state index contributed by atoms with van der Waals surface area (Å²) in [5.74, 6) is 0.632. The highest BCUT2D eigenvalue weighted by atomic mass is 32.2. The summed E-state index contributed by atoms with van der Waals surface area (Å²) in [6.45, 7) is 2.89. The van der Waals surface area contributed by atoms with Crippen LogP contribution < -0.4 is 0 Å². The van der Waals surface area contributed by atoms with E-state index in [0.717, 1.165) is 5.75 Å². The van der Waals surface area contributed by atoms with E-state index in [1.54, 1.807) is 18.7 Å². The highest BCUT2D eigenvalue weighted by Gasteiger charge is 1.99. The van der Waals surface area contributed by atoms with Crippen LogP contribution in [0.1, 0.15) is 6.92 Å². The van der Waals surface area contributed by atoms with Gasteiger partial charge in [0.2, 0.25) is 0 Å². The van der Waals surface area contributed by atoms with Gasteiger partial charge in [-0.25, -0.2) is 4.79 Å². The van der Waals surface area contributed by atoms with E-state index in [-0.39, 0.29) is 12.6 Å². The van der Waals surface area contributed by atoms with Gasteiger partial charge in [0.05, 0.1) is 13.2 Å². The zero-order chi connectivity index (χ0) is 8.53. The van der Waals surface area contributed by atoms with Gasteiger partial charge in [-0.3, -0.25) is 0 Å². The Balaban J connectivity index is 3.04. The highest BCUT2D eigenvalue weighted by Crippen LogP contribution is 1.90. The average Bonchev–Trinajstić information content (AvgIpc) is 1.99. The Bertz CT molecular complexity index is 106. The Morgan fingerprint density at radius 3 is 2.82 bits per heavy atom. The summed E-state index contributed by atoms with van der Waals surface area (Å²) < 4.78 is 9.64. The molecule has 0 heterocycles. The minimum atomic E-state index is -0.284. The van der Waals surface area contributed by atoms with Crippen LogP contribution in [0.4, 0.5) is 0 Å². The maximum absolute atomic E-state index is 10.7. The molecule has 11 heavy (non-hydrogen) atoms. The van der Waals surface area contributed by atoms with E-state index in [1.807, 2.05) is 6.26 Å². The number of hydrogen-bond donors (Lipinski definition) is 0. The molecule has 4 heteroatoms. The lowest BCUT2D eigenvalue weighted by molar-refractivity contribution is -0.148. The molecule has 0 aliphatic rings. The first-order chi connectivity index (χ1) is 5.31. The first-order valence-electron chi connectivity index (χ1n) is 3.53. The van der Waals surface area contributed by atoms with E-state index < -0.39 is 0 Å². The molecule has 0 spiro atoms. The molecule has 0 amide bonds. The monoisotopic (exact) mass is 178 g/mol. The molecule has 0 atom stereocenters. The topological polar surface area (TPSA) is 35.5 Å². The van der Waals surface area contributed by atoms with Crippen LogP contribution in [0, 0.1) is 0 Å². The summed E-state index contributed by atoms with van der Waals surface area (Å²) in [5, 5.41) is 0. The third-order valence-corrected chi connectivity index (χ3v) is 1.53. The number of rotatable bonds is 6. The molecule has 0 rings (SSSR count). The van der Waals surface area contributed by atoms with Crippen LogP contribution in [0.25, 0.3) is 0 Å². The van der Waals surface area contributed by atoms with Gasteiger partial charge in [-0.05, 0) is 13.2 Å². The minimum absolute atomic E-state index is 0.0778. The molecule has 0 N–H and O–H groups in total. The molecule has 0 aromatic heterocycles. The van der Waals surface area contributed by atoms with Crippen LogP contribution in [0.5, 0.6) is 0 Å². The number of carbonyl (C=O) groups is 1.